The summed E-state index contributed by atoms with van der Waals surface area (Å²) in [6, 6.07) is 3.13. The second-order valence-electron chi connectivity index (χ2n) is 10.8. The highest BCUT2D eigenvalue weighted by Gasteiger charge is 2.48. The van der Waals surface area contributed by atoms with Crippen LogP contribution in [0.3, 0.4) is 0 Å². The fraction of sp³-hybridized carbons (Fsp3) is 0.679. The molecule has 222 valence electrons. The maximum Gasteiger partial charge on any atom is 0.319 e. The van der Waals surface area contributed by atoms with Crippen molar-refractivity contribution in [3.63, 3.8) is 0 Å². The molecule has 0 bridgehead atoms. The number of amides is 3. The topological polar surface area (TPSA) is 138 Å². The van der Waals surface area contributed by atoms with E-state index in [1.54, 1.807) is 16.8 Å². The van der Waals surface area contributed by atoms with Crippen molar-refractivity contribution in [3.8, 4) is 17.2 Å². The smallest absolute Gasteiger partial charge is 0.319 e. The normalized spacial score (nSPS) is 22.3. The summed E-state index contributed by atoms with van der Waals surface area (Å²) in [7, 11) is 3.30. The number of likely N-dealkylation sites (N-methyl/N-ethyl adjacent to an activating group) is 1. The lowest BCUT2D eigenvalue weighted by molar-refractivity contribution is -0.144. The number of ether oxygens (including phenoxy) is 3. The van der Waals surface area contributed by atoms with E-state index >= 15 is 0 Å². The monoisotopic (exact) mass is 561 g/mol. The maximum absolute atomic E-state index is 13.6. The molecule has 3 atom stereocenters. The standard InChI is InChI=1S/C28H43N5O7/c1-4-5-9-31(10-6-8-29)24(34)17-33-16-20(19-14-22(38-3)26-23(15-19)39-18-40-26)25(27(35)36)21(33)7-11-32-13-12-30(2)28(32)37/h14-15,20-21,25H,4-13,16-18,29H2,1-3H3,(H,35,36)/t20-,21+,25-/m1/s1. The number of nitrogens with two attached hydrogens (primary N) is 1. The zero-order valence-corrected chi connectivity index (χ0v) is 23.8. The van der Waals surface area contributed by atoms with Crippen LogP contribution in [-0.2, 0) is 9.59 Å². The largest absolute Gasteiger partial charge is 0.493 e. The summed E-state index contributed by atoms with van der Waals surface area (Å²) in [6.07, 6.45) is 3.01. The first-order valence-corrected chi connectivity index (χ1v) is 14.2. The Morgan fingerprint density at radius 3 is 2.62 bits per heavy atom. The van der Waals surface area contributed by atoms with Crippen molar-refractivity contribution in [2.75, 3.05) is 73.3 Å². The Morgan fingerprint density at radius 2 is 1.98 bits per heavy atom. The van der Waals surface area contributed by atoms with Gasteiger partial charge >= 0.3 is 12.0 Å². The molecular formula is C28H43N5O7. The number of carboxylic acids is 1. The number of methoxy groups -OCH3 is 1. The van der Waals surface area contributed by atoms with Gasteiger partial charge in [0.25, 0.3) is 0 Å². The van der Waals surface area contributed by atoms with Gasteiger partial charge in [0.05, 0.1) is 19.6 Å². The molecule has 2 saturated heterocycles. The van der Waals surface area contributed by atoms with Crippen molar-refractivity contribution in [2.24, 2.45) is 11.7 Å². The van der Waals surface area contributed by atoms with Crippen LogP contribution < -0.4 is 19.9 Å². The Morgan fingerprint density at radius 1 is 1.20 bits per heavy atom. The van der Waals surface area contributed by atoms with Gasteiger partial charge in [0.1, 0.15) is 0 Å². The predicted octanol–water partition coefficient (Wildman–Crippen LogP) is 1.63. The van der Waals surface area contributed by atoms with Gasteiger partial charge < -0.3 is 39.8 Å². The van der Waals surface area contributed by atoms with Gasteiger partial charge in [-0.05, 0) is 43.5 Å². The molecule has 12 nitrogen and oxygen atoms in total. The van der Waals surface area contributed by atoms with Gasteiger partial charge in [-0.2, -0.15) is 0 Å². The fourth-order valence-electron chi connectivity index (χ4n) is 6.02. The number of carbonyl (C=O) groups excluding carboxylic acids is 2. The molecule has 12 heteroatoms. The molecule has 4 rings (SSSR count). The van der Waals surface area contributed by atoms with E-state index in [1.807, 2.05) is 21.9 Å². The highest BCUT2D eigenvalue weighted by atomic mass is 16.7. The molecule has 0 radical (unpaired) electrons. The van der Waals surface area contributed by atoms with Crippen LogP contribution in [-0.4, -0.2) is 122 Å². The number of carbonyl (C=O) groups is 3. The Bertz CT molecular complexity index is 1060. The van der Waals surface area contributed by atoms with Crippen LogP contribution in [0.2, 0.25) is 0 Å². The van der Waals surface area contributed by atoms with Crippen molar-refractivity contribution in [3.05, 3.63) is 17.7 Å². The lowest BCUT2D eigenvalue weighted by Gasteiger charge is -2.30. The van der Waals surface area contributed by atoms with Crippen molar-refractivity contribution in [1.82, 2.24) is 19.6 Å². The number of hydrogen-bond donors (Lipinski definition) is 2. The van der Waals surface area contributed by atoms with Gasteiger partial charge in [0.15, 0.2) is 11.5 Å². The molecule has 3 amide bonds. The van der Waals surface area contributed by atoms with Gasteiger partial charge in [0, 0.05) is 58.3 Å². The van der Waals surface area contributed by atoms with Crippen LogP contribution in [0.25, 0.3) is 0 Å². The van der Waals surface area contributed by atoms with E-state index in [-0.39, 0.29) is 25.3 Å². The first-order chi connectivity index (χ1) is 19.3. The van der Waals surface area contributed by atoms with Gasteiger partial charge in [-0.15, -0.1) is 0 Å². The lowest BCUT2D eigenvalue weighted by atomic mass is 9.84. The number of nitrogens with zero attached hydrogens (tertiary/aromatic N) is 4. The van der Waals surface area contributed by atoms with Crippen molar-refractivity contribution in [2.45, 2.75) is 44.6 Å². The van der Waals surface area contributed by atoms with Crippen LogP contribution in [0.4, 0.5) is 4.79 Å². The first-order valence-electron chi connectivity index (χ1n) is 14.2. The van der Waals surface area contributed by atoms with Gasteiger partial charge in [-0.1, -0.05) is 13.3 Å². The Kier molecular flexibility index (Phi) is 9.96. The van der Waals surface area contributed by atoms with Crippen molar-refractivity contribution in [1.29, 1.82) is 0 Å². The third-order valence-electron chi connectivity index (χ3n) is 8.24. The third-order valence-corrected chi connectivity index (χ3v) is 8.24. The molecule has 2 fully saturated rings. The molecule has 3 aliphatic rings. The number of urea groups is 1. The summed E-state index contributed by atoms with van der Waals surface area (Å²) in [5.74, 6) is -0.663. The zero-order chi connectivity index (χ0) is 28.8. The number of aliphatic carboxylic acids is 1. The average Bonchev–Trinajstić information content (AvgIpc) is 3.64. The molecule has 3 heterocycles. The third kappa shape index (κ3) is 6.38. The van der Waals surface area contributed by atoms with E-state index in [9.17, 15) is 19.5 Å². The van der Waals surface area contributed by atoms with Crippen LogP contribution in [0.5, 0.6) is 17.2 Å². The summed E-state index contributed by atoms with van der Waals surface area (Å²) in [4.78, 5) is 46.2. The molecule has 0 saturated carbocycles. The minimum atomic E-state index is -0.933. The molecular weight excluding hydrogens is 518 g/mol. The van der Waals surface area contributed by atoms with E-state index in [1.165, 1.54) is 7.11 Å². The number of hydrogen-bond acceptors (Lipinski definition) is 8. The number of likely N-dealkylation sites (tertiary alicyclic amines) is 1. The van der Waals surface area contributed by atoms with E-state index < -0.39 is 23.8 Å². The van der Waals surface area contributed by atoms with E-state index in [2.05, 4.69) is 6.92 Å². The number of fused-ring (bicyclic) bond motifs is 1. The fourth-order valence-corrected chi connectivity index (χ4v) is 6.02. The summed E-state index contributed by atoms with van der Waals surface area (Å²) < 4.78 is 16.7. The number of carboxylic acid groups (broad SMARTS) is 1. The predicted molar refractivity (Wildman–Crippen MR) is 148 cm³/mol. The molecule has 0 aliphatic carbocycles. The summed E-state index contributed by atoms with van der Waals surface area (Å²) in [6.45, 7) is 6.02. The summed E-state index contributed by atoms with van der Waals surface area (Å²) in [5, 5.41) is 10.5. The van der Waals surface area contributed by atoms with Crippen LogP contribution in [0.15, 0.2) is 12.1 Å². The van der Waals surface area contributed by atoms with E-state index in [0.717, 1.165) is 18.4 Å². The highest BCUT2D eigenvalue weighted by molar-refractivity contribution is 5.79. The summed E-state index contributed by atoms with van der Waals surface area (Å²) >= 11 is 0. The molecule has 0 spiro atoms. The molecule has 1 aromatic carbocycles. The SMILES string of the molecule is CCCCN(CCCN)C(=O)CN1C[C@H](c2cc(OC)c3c(c2)OCO3)[C@@H](C(=O)O)[C@@H]1CCN1CCN(C)C1=O. The van der Waals surface area contributed by atoms with Gasteiger partial charge in [-0.3, -0.25) is 14.5 Å². The van der Waals surface area contributed by atoms with Crippen LogP contribution >= 0.6 is 0 Å². The Balaban J connectivity index is 1.62. The Hall–Kier alpha value is -3.25. The van der Waals surface area contributed by atoms with E-state index in [0.29, 0.717) is 75.9 Å². The molecule has 1 aromatic rings. The minimum Gasteiger partial charge on any atom is -0.493 e. The molecule has 3 aliphatic heterocycles. The second-order valence-corrected chi connectivity index (χ2v) is 10.8. The number of unbranched alkanes of at least 4 members (excludes halogenated alkanes) is 1. The highest BCUT2D eigenvalue weighted by Crippen LogP contribution is 2.47. The average molecular weight is 562 g/mol. The molecule has 0 unspecified atom stereocenters. The first kappa shape index (κ1) is 29.7. The molecule has 3 N–H and O–H groups in total. The van der Waals surface area contributed by atoms with Crippen LogP contribution in [0, 0.1) is 5.92 Å². The van der Waals surface area contributed by atoms with Gasteiger partial charge in [0.2, 0.25) is 18.4 Å². The van der Waals surface area contributed by atoms with Crippen molar-refractivity contribution >= 4 is 17.9 Å². The van der Waals surface area contributed by atoms with Crippen molar-refractivity contribution < 1.29 is 33.7 Å². The quantitative estimate of drug-likeness (QED) is 0.347. The Labute approximate surface area is 235 Å². The second kappa shape index (κ2) is 13.4. The summed E-state index contributed by atoms with van der Waals surface area (Å²) in [5.41, 5.74) is 6.49. The minimum absolute atomic E-state index is 0.0306. The number of rotatable bonds is 14. The molecule has 40 heavy (non-hydrogen) atoms. The zero-order valence-electron chi connectivity index (χ0n) is 23.8. The van der Waals surface area contributed by atoms with Crippen LogP contribution in [0.1, 0.15) is 44.1 Å². The number of benzene rings is 1. The molecule has 0 aromatic heterocycles. The van der Waals surface area contributed by atoms with Gasteiger partial charge in [-0.25, -0.2) is 4.79 Å². The maximum atomic E-state index is 13.6. The van der Waals surface area contributed by atoms with E-state index in [4.69, 9.17) is 19.9 Å². The lowest BCUT2D eigenvalue weighted by Crippen LogP contribution is -2.46.